The molecule has 0 amide bonds. The van der Waals surface area contributed by atoms with E-state index in [2.05, 4.69) is 58.5 Å². The van der Waals surface area contributed by atoms with Crippen LogP contribution in [0.15, 0.2) is 79.0 Å². The van der Waals surface area contributed by atoms with Crippen LogP contribution in [0.2, 0.25) is 0 Å². The molecule has 0 spiro atoms. The van der Waals surface area contributed by atoms with Gasteiger partial charge in [0.2, 0.25) is 0 Å². The summed E-state index contributed by atoms with van der Waals surface area (Å²) >= 11 is 0. The summed E-state index contributed by atoms with van der Waals surface area (Å²) in [6.07, 6.45) is 2.16. The smallest absolute Gasteiger partial charge is 0.338 e. The lowest BCUT2D eigenvalue weighted by Gasteiger charge is -2.12. The van der Waals surface area contributed by atoms with Gasteiger partial charge < -0.3 is 19.4 Å². The van der Waals surface area contributed by atoms with E-state index in [-0.39, 0.29) is 5.97 Å². The van der Waals surface area contributed by atoms with Crippen molar-refractivity contribution in [3.8, 4) is 5.75 Å². The zero-order valence-corrected chi connectivity index (χ0v) is 17.8. The molecule has 1 N–H and O–H groups in total. The van der Waals surface area contributed by atoms with Crippen molar-refractivity contribution in [3.05, 3.63) is 101 Å². The minimum atomic E-state index is -0.366. The summed E-state index contributed by atoms with van der Waals surface area (Å²) in [6.45, 7) is 2.13. The lowest BCUT2D eigenvalue weighted by Crippen LogP contribution is -2.12. The van der Waals surface area contributed by atoms with E-state index in [9.17, 15) is 4.79 Å². The molecule has 0 bridgehead atoms. The Bertz CT molecular complexity index is 1180. The van der Waals surface area contributed by atoms with E-state index in [0.717, 1.165) is 24.2 Å². The van der Waals surface area contributed by atoms with Crippen LogP contribution in [0.5, 0.6) is 5.75 Å². The van der Waals surface area contributed by atoms with E-state index in [4.69, 9.17) is 9.47 Å². The van der Waals surface area contributed by atoms with Crippen LogP contribution in [-0.4, -0.2) is 24.8 Å². The minimum Gasteiger partial charge on any atom is -0.497 e. The van der Waals surface area contributed by atoms with Gasteiger partial charge in [0.25, 0.3) is 0 Å². The number of hydrogen-bond donors (Lipinski definition) is 1. The normalized spacial score (nSPS) is 10.9. The molecule has 0 aliphatic rings. The van der Waals surface area contributed by atoms with Crippen molar-refractivity contribution in [2.45, 2.75) is 19.6 Å². The predicted molar refractivity (Wildman–Crippen MR) is 122 cm³/mol. The van der Waals surface area contributed by atoms with Crippen LogP contribution in [0.3, 0.4) is 0 Å². The van der Waals surface area contributed by atoms with Crippen molar-refractivity contribution in [2.75, 3.05) is 14.2 Å². The molecule has 4 rings (SSSR count). The molecule has 4 aromatic rings. The summed E-state index contributed by atoms with van der Waals surface area (Å²) in [4.78, 5) is 12.3. The molecule has 0 fully saturated rings. The van der Waals surface area contributed by atoms with E-state index in [1.165, 1.54) is 23.6 Å². The fraction of sp³-hybridized carbons (Fsp3) is 0.192. The number of para-hydroxylation sites is 1. The lowest BCUT2D eigenvalue weighted by molar-refractivity contribution is 0.0599. The molecule has 0 aliphatic carbocycles. The Balaban J connectivity index is 1.61. The summed E-state index contributed by atoms with van der Waals surface area (Å²) in [7, 11) is 2.98. The highest BCUT2D eigenvalue weighted by Crippen LogP contribution is 2.25. The zero-order valence-electron chi connectivity index (χ0n) is 17.8. The second kappa shape index (κ2) is 9.49. The Labute approximate surface area is 182 Å². The molecular formula is C26H26N2O3. The Hall–Kier alpha value is -3.57. The largest absolute Gasteiger partial charge is 0.497 e. The predicted octanol–water partition coefficient (Wildman–Crippen LogP) is 4.77. The van der Waals surface area contributed by atoms with E-state index in [1.54, 1.807) is 13.2 Å². The highest BCUT2D eigenvalue weighted by molar-refractivity contribution is 5.91. The lowest BCUT2D eigenvalue weighted by atomic mass is 10.1. The van der Waals surface area contributed by atoms with Gasteiger partial charge in [-0.1, -0.05) is 54.6 Å². The number of esters is 1. The van der Waals surface area contributed by atoms with E-state index >= 15 is 0 Å². The van der Waals surface area contributed by atoms with E-state index in [1.807, 2.05) is 24.3 Å². The number of nitrogens with zero attached hydrogens (tertiary/aromatic N) is 1. The first-order valence-corrected chi connectivity index (χ1v) is 10.3. The SMILES string of the molecule is COC(=O)c1cc(OC)ccc1Cn1cc(CNCc2ccccc2)c2ccccc21. The van der Waals surface area contributed by atoms with Crippen molar-refractivity contribution >= 4 is 16.9 Å². The molecule has 0 aliphatic heterocycles. The third-order valence-corrected chi connectivity index (χ3v) is 5.42. The third-order valence-electron chi connectivity index (χ3n) is 5.42. The first-order chi connectivity index (χ1) is 15.2. The Morgan fingerprint density at radius 3 is 2.45 bits per heavy atom. The number of methoxy groups -OCH3 is 2. The van der Waals surface area contributed by atoms with Crippen molar-refractivity contribution < 1.29 is 14.3 Å². The molecule has 158 valence electrons. The standard InChI is InChI=1S/C26H26N2O3/c1-30-22-13-12-20(24(14-22)26(29)31-2)17-28-18-21(23-10-6-7-11-25(23)28)16-27-15-19-8-4-3-5-9-19/h3-14,18,27H,15-17H2,1-2H3. The Morgan fingerprint density at radius 1 is 0.903 bits per heavy atom. The number of benzene rings is 3. The van der Waals surface area contributed by atoms with Crippen molar-refractivity contribution in [1.82, 2.24) is 9.88 Å². The first kappa shape index (κ1) is 20.7. The summed E-state index contributed by atoms with van der Waals surface area (Å²) in [5, 5.41) is 4.74. The maximum atomic E-state index is 12.3. The average Bonchev–Trinajstić information content (AvgIpc) is 3.17. The van der Waals surface area contributed by atoms with Crippen LogP contribution < -0.4 is 10.1 Å². The van der Waals surface area contributed by atoms with Gasteiger partial charge in [0, 0.05) is 36.7 Å². The van der Waals surface area contributed by atoms with Gasteiger partial charge in [0.05, 0.1) is 19.8 Å². The van der Waals surface area contributed by atoms with Gasteiger partial charge in [0.1, 0.15) is 5.75 Å². The average molecular weight is 415 g/mol. The molecule has 3 aromatic carbocycles. The highest BCUT2D eigenvalue weighted by atomic mass is 16.5. The van der Waals surface area contributed by atoms with Crippen LogP contribution in [-0.2, 0) is 24.4 Å². The van der Waals surface area contributed by atoms with Crippen molar-refractivity contribution in [3.63, 3.8) is 0 Å². The van der Waals surface area contributed by atoms with Gasteiger partial charge in [-0.15, -0.1) is 0 Å². The van der Waals surface area contributed by atoms with Crippen LogP contribution in [0.4, 0.5) is 0 Å². The number of rotatable bonds is 8. The van der Waals surface area contributed by atoms with Crippen molar-refractivity contribution in [1.29, 1.82) is 0 Å². The van der Waals surface area contributed by atoms with E-state index in [0.29, 0.717) is 17.9 Å². The monoisotopic (exact) mass is 414 g/mol. The fourth-order valence-corrected chi connectivity index (χ4v) is 3.84. The first-order valence-electron chi connectivity index (χ1n) is 10.3. The summed E-state index contributed by atoms with van der Waals surface area (Å²) < 4.78 is 12.5. The number of nitrogens with one attached hydrogen (secondary N) is 1. The molecule has 0 unspecified atom stereocenters. The Kier molecular flexibility index (Phi) is 6.34. The maximum absolute atomic E-state index is 12.3. The molecule has 1 aromatic heterocycles. The fourth-order valence-electron chi connectivity index (χ4n) is 3.84. The van der Waals surface area contributed by atoms with E-state index < -0.39 is 0 Å². The van der Waals surface area contributed by atoms with Gasteiger partial charge in [-0.05, 0) is 34.9 Å². The number of aromatic nitrogens is 1. The van der Waals surface area contributed by atoms with Crippen LogP contribution in [0.25, 0.3) is 10.9 Å². The summed E-state index contributed by atoms with van der Waals surface area (Å²) in [5.74, 6) is 0.266. The molecular weight excluding hydrogens is 388 g/mol. The second-order valence-electron chi connectivity index (χ2n) is 7.40. The topological polar surface area (TPSA) is 52.5 Å². The van der Waals surface area contributed by atoms with Crippen molar-refractivity contribution in [2.24, 2.45) is 0 Å². The molecule has 0 saturated carbocycles. The molecule has 5 heteroatoms. The molecule has 5 nitrogen and oxygen atoms in total. The van der Waals surface area contributed by atoms with Gasteiger partial charge in [0.15, 0.2) is 0 Å². The molecule has 0 saturated heterocycles. The molecule has 0 atom stereocenters. The second-order valence-corrected chi connectivity index (χ2v) is 7.40. The Morgan fingerprint density at radius 2 is 1.68 bits per heavy atom. The summed E-state index contributed by atoms with van der Waals surface area (Å²) in [6, 6.07) is 24.2. The quantitative estimate of drug-likeness (QED) is 0.422. The number of hydrogen-bond acceptors (Lipinski definition) is 4. The zero-order chi connectivity index (χ0) is 21.6. The van der Waals surface area contributed by atoms with Gasteiger partial charge in [-0.25, -0.2) is 4.79 Å². The van der Waals surface area contributed by atoms with Crippen LogP contribution in [0.1, 0.15) is 27.0 Å². The number of fused-ring (bicyclic) bond motifs is 1. The number of carbonyl (C=O) groups is 1. The van der Waals surface area contributed by atoms with Gasteiger partial charge >= 0.3 is 5.97 Å². The van der Waals surface area contributed by atoms with Crippen LogP contribution in [0, 0.1) is 0 Å². The van der Waals surface area contributed by atoms with Gasteiger partial charge in [-0.2, -0.15) is 0 Å². The third kappa shape index (κ3) is 4.62. The number of carbonyl (C=O) groups excluding carboxylic acids is 1. The van der Waals surface area contributed by atoms with Gasteiger partial charge in [-0.3, -0.25) is 0 Å². The molecule has 31 heavy (non-hydrogen) atoms. The highest BCUT2D eigenvalue weighted by Gasteiger charge is 2.15. The molecule has 0 radical (unpaired) electrons. The maximum Gasteiger partial charge on any atom is 0.338 e. The molecule has 1 heterocycles. The minimum absolute atomic E-state index is 0.366. The van der Waals surface area contributed by atoms with Crippen LogP contribution >= 0.6 is 0 Å². The number of ether oxygens (including phenoxy) is 2. The summed E-state index contributed by atoms with van der Waals surface area (Å²) in [5.41, 5.74) is 5.01.